The van der Waals surface area contributed by atoms with Gasteiger partial charge in [0.05, 0.1) is 48.2 Å². The number of hydrogen-bond acceptors (Lipinski definition) is 24. The van der Waals surface area contributed by atoms with Gasteiger partial charge in [-0.05, 0) is 102 Å². The van der Waals surface area contributed by atoms with E-state index < -0.39 is 86.6 Å². The Morgan fingerprint density at radius 1 is 0.563 bits per heavy atom. The van der Waals surface area contributed by atoms with Gasteiger partial charge in [-0.15, -0.1) is 15.3 Å². The molecule has 0 aliphatic heterocycles. The fourth-order valence-corrected chi connectivity index (χ4v) is 12.0. The van der Waals surface area contributed by atoms with E-state index in [1.807, 2.05) is 0 Å². The van der Waals surface area contributed by atoms with E-state index in [9.17, 15) is 69.6 Å². The van der Waals surface area contributed by atoms with Crippen LogP contribution in [-0.4, -0.2) is 97.9 Å². The molecule has 9 aromatic rings. The summed E-state index contributed by atoms with van der Waals surface area (Å²) in [6.07, 6.45) is 3.02. The minimum absolute atomic E-state index is 0. The van der Waals surface area contributed by atoms with Crippen molar-refractivity contribution < 1.29 is 222 Å². The number of aromatic nitrogens is 3. The molecular weight excluding hydrogens is 1280 g/mol. The van der Waals surface area contributed by atoms with E-state index in [1.165, 1.54) is 48.5 Å². The third kappa shape index (κ3) is 16.4. The molecule has 10 rings (SSSR count). The zero-order valence-electron chi connectivity index (χ0n) is 46.4. The summed E-state index contributed by atoms with van der Waals surface area (Å²) < 4.78 is 193. The predicted octanol–water partition coefficient (Wildman–Crippen LogP) is -7.36. The summed E-state index contributed by atoms with van der Waals surface area (Å²) >= 11 is 0. The Morgan fingerprint density at radius 3 is 1.80 bits per heavy atom. The summed E-state index contributed by atoms with van der Waals surface area (Å²) in [6.45, 7) is 1.49. The van der Waals surface area contributed by atoms with E-state index in [-0.39, 0.29) is 238 Å². The summed E-state index contributed by atoms with van der Waals surface area (Å²) in [7, 11) is -26.3. The first-order chi connectivity index (χ1) is 38.6. The molecule has 0 amide bonds. The van der Waals surface area contributed by atoms with Gasteiger partial charge in [0, 0.05) is 44.5 Å². The molecule has 1 heterocycles. The minimum atomic E-state index is -5.40. The molecule has 0 radical (unpaired) electrons. The Morgan fingerprint density at radius 2 is 1.18 bits per heavy atom. The molecule has 0 fully saturated rings. The molecule has 0 unspecified atom stereocenters. The number of hydrazone groups is 1. The number of ether oxygens (including phenoxy) is 1. The first-order valence-electron chi connectivity index (χ1n) is 23.4. The molecule has 1 aromatic heterocycles. The normalized spacial score (nSPS) is 13.2. The number of nitrogens with zero attached hydrogens (tertiary/aromatic N) is 6. The zero-order chi connectivity index (χ0) is 58.7. The Hall–Kier alpha value is -3.95. The smallest absolute Gasteiger partial charge is 0.744 e. The second-order valence-corrected chi connectivity index (χ2v) is 24.4. The van der Waals surface area contributed by atoms with E-state index in [0.717, 1.165) is 71.6 Å². The Labute approximate surface area is 607 Å². The molecule has 0 bridgehead atoms. The largest absolute Gasteiger partial charge is 1.00 e. The van der Waals surface area contributed by atoms with Crippen LogP contribution in [0.2, 0.25) is 0 Å². The number of hydrogen-bond donors (Lipinski definition) is 2. The molecule has 0 atom stereocenters. The quantitative estimate of drug-likeness (QED) is 0.0298. The van der Waals surface area contributed by atoms with Crippen LogP contribution < -0.4 is 163 Å². The molecule has 418 valence electrons. The van der Waals surface area contributed by atoms with Crippen molar-refractivity contribution in [2.45, 2.75) is 26.5 Å². The van der Waals surface area contributed by atoms with Crippen molar-refractivity contribution in [3.05, 3.63) is 167 Å². The van der Waals surface area contributed by atoms with Crippen LogP contribution in [0.1, 0.15) is 34.0 Å². The number of nitrogens with one attached hydrogen (secondary N) is 2. The number of carbonyl (C=O) groups is 1. The number of rotatable bonds is 16. The number of anilines is 3. The van der Waals surface area contributed by atoms with E-state index in [4.69, 9.17) is 4.74 Å². The average Bonchev–Trinajstić information content (AvgIpc) is 4.02. The fourth-order valence-electron chi connectivity index (χ4n) is 8.76. The maximum absolute atomic E-state index is 13.9. The van der Waals surface area contributed by atoms with E-state index in [2.05, 4.69) is 36.3 Å². The van der Waals surface area contributed by atoms with Crippen molar-refractivity contribution in [1.82, 2.24) is 15.0 Å². The van der Waals surface area contributed by atoms with Crippen LogP contribution in [0.3, 0.4) is 0 Å². The van der Waals surface area contributed by atoms with Crippen molar-refractivity contribution in [2.75, 3.05) is 17.3 Å². The zero-order valence-corrected chi connectivity index (χ0v) is 60.5. The second kappa shape index (κ2) is 29.1. The van der Waals surface area contributed by atoms with E-state index >= 15 is 0 Å². The molecule has 35 heteroatoms. The van der Waals surface area contributed by atoms with Crippen LogP contribution in [0.15, 0.2) is 179 Å². The van der Waals surface area contributed by atoms with Crippen molar-refractivity contribution in [3.8, 4) is 11.4 Å². The van der Waals surface area contributed by atoms with Gasteiger partial charge in [0.2, 0.25) is 5.78 Å². The minimum Gasteiger partial charge on any atom is -0.744 e. The number of ketones is 1. The maximum Gasteiger partial charge on any atom is 1.00 e. The Bertz CT molecular complexity index is 4960. The van der Waals surface area contributed by atoms with Gasteiger partial charge in [-0.1, -0.05) is 72.8 Å². The fraction of sp³-hybridized carbons (Fsp3) is 0.0385. The molecule has 1 aliphatic rings. The summed E-state index contributed by atoms with van der Waals surface area (Å²) in [5.74, 6) is -1.12. The second-order valence-electron chi connectivity index (χ2n) is 17.6. The molecule has 0 spiro atoms. The molecule has 25 nitrogen and oxygen atoms in total. The first kappa shape index (κ1) is 73.8. The summed E-state index contributed by atoms with van der Waals surface area (Å²) in [4.78, 5) is 10.7. The summed E-state index contributed by atoms with van der Waals surface area (Å²) in [5.41, 5.74) is 1.54. The van der Waals surface area contributed by atoms with Gasteiger partial charge < -0.3 is 32.8 Å². The summed E-state index contributed by atoms with van der Waals surface area (Å²) in [5, 5.41) is 24.0. The number of carbonyl (C=O) groups excluding carboxylic acids is 1. The van der Waals surface area contributed by atoms with Crippen LogP contribution in [-0.2, 0) is 50.6 Å². The number of fused-ring (bicyclic) bond motifs is 5. The molecule has 2 N–H and O–H groups in total. The number of benzene rings is 8. The van der Waals surface area contributed by atoms with Gasteiger partial charge in [-0.25, -0.2) is 42.1 Å². The monoisotopic (exact) mass is 1320 g/mol. The van der Waals surface area contributed by atoms with Crippen molar-refractivity contribution in [2.24, 2.45) is 15.3 Å². The van der Waals surface area contributed by atoms with Gasteiger partial charge in [0.25, 0.3) is 0 Å². The molecule has 0 saturated carbocycles. The van der Waals surface area contributed by atoms with Gasteiger partial charge in [-0.2, -0.15) is 15.0 Å². The first-order valence-corrected chi connectivity index (χ1v) is 30.5. The van der Waals surface area contributed by atoms with Gasteiger partial charge in [0.1, 0.15) is 78.8 Å². The van der Waals surface area contributed by atoms with Crippen LogP contribution in [0.4, 0.5) is 28.4 Å². The molecule has 8 aromatic carbocycles. The molecular formula is C52H33N8Na5O17S5. The maximum atomic E-state index is 13.9. The summed E-state index contributed by atoms with van der Waals surface area (Å²) in [6, 6.07) is 30.7. The number of Topliss-reactive ketones (excluding diaryl/α,β-unsaturated/α-hetero) is 1. The number of para-hydroxylation sites is 1. The molecule has 0 saturated heterocycles. The van der Waals surface area contributed by atoms with Crippen LogP contribution in [0, 0.1) is 0 Å². The Balaban J connectivity index is 0.00000276. The number of allylic oxidation sites excluding steroid dienone is 1. The Kier molecular flexibility index (Phi) is 24.7. The molecule has 1 aliphatic carbocycles. The topological polar surface area (TPSA) is 404 Å². The third-order valence-corrected chi connectivity index (χ3v) is 16.7. The van der Waals surface area contributed by atoms with Crippen LogP contribution in [0.5, 0.6) is 5.75 Å². The number of azo groups is 1. The van der Waals surface area contributed by atoms with E-state index in [1.54, 1.807) is 49.4 Å². The SMILES string of the molecule is CCOc1cc(N=Nc2ccc(/C=C/c3ccc(-n4nc5cc(S(=O)(=O)[O-])c6ccccc6c5n4)cc3S(=O)(=O)[O-])c(S(=O)(=O)[O-])c2)c2cc(S(=O)(=O)[O-])ccc2c1N/N=C1/C(=O)c2ccc(Nc3ccccc3)cc2C=C1S(=O)(=O)[O-].[Na+].[Na+].[Na+].[Na+].[Na+]. The van der Waals surface area contributed by atoms with Crippen LogP contribution >= 0.6 is 0 Å². The van der Waals surface area contributed by atoms with Crippen molar-refractivity contribution in [3.63, 3.8) is 0 Å². The van der Waals surface area contributed by atoms with Crippen molar-refractivity contribution in [1.29, 1.82) is 0 Å². The van der Waals surface area contributed by atoms with Crippen molar-refractivity contribution >= 4 is 141 Å². The van der Waals surface area contributed by atoms with Gasteiger partial charge >= 0.3 is 148 Å². The standard InChI is InChI=1S/C52H38N8O17S5.5Na/c1-2-77-44-27-42(41-26-36(78(62,63)64)19-21-40(41)50(44)56-57-51-48(82(74,75)76)23-31-22-33(17-20-37(31)52(51)61)53-32-8-4-3-5-9-32)55-54-34-16-14-29(45(24-34)79(65,66)67)12-13-30-15-18-35(25-46(30)80(68,69)70)60-58-43-28-47(81(71,72)73)38-10-6-7-11-39(38)49(43)59-60;;;;;/h3-28,53,56H,2H2,1H3,(H,62,63,64)(H,65,66,67)(H,68,69,70)(H,71,72,73)(H,74,75,76);;;;;/q;5*+1/p-5/b13-12+,55-54?,57-51+;;;;;. The van der Waals surface area contributed by atoms with Gasteiger partial charge in [0.15, 0.2) is 0 Å². The average molecular weight is 1320 g/mol. The molecule has 87 heavy (non-hydrogen) atoms. The predicted molar refractivity (Wildman–Crippen MR) is 292 cm³/mol. The van der Waals surface area contributed by atoms with Crippen LogP contribution in [0.25, 0.3) is 56.5 Å². The third-order valence-electron chi connectivity index (χ3n) is 12.4. The van der Waals surface area contributed by atoms with E-state index in [0.29, 0.717) is 11.4 Å². The van der Waals surface area contributed by atoms with Gasteiger partial charge in [-0.3, -0.25) is 10.2 Å².